The first-order chi connectivity index (χ1) is 8.41. The van der Waals surface area contributed by atoms with Crippen LogP contribution in [-0.4, -0.2) is 60.5 Å². The average molecular weight is 340 g/mol. The Balaban J connectivity index is 3.84. The van der Waals surface area contributed by atoms with Gasteiger partial charge < -0.3 is 4.89 Å². The van der Waals surface area contributed by atoms with E-state index in [0.29, 0.717) is 0 Å². The summed E-state index contributed by atoms with van der Waals surface area (Å²) in [7, 11) is -11.1. The second-order valence-corrected chi connectivity index (χ2v) is 8.52. The molecule has 0 aromatic carbocycles. The Hall–Kier alpha value is -0.0700. The van der Waals surface area contributed by atoms with E-state index < -0.39 is 27.9 Å². The van der Waals surface area contributed by atoms with Gasteiger partial charge in [0.2, 0.25) is 0 Å². The van der Waals surface area contributed by atoms with E-state index in [1.807, 2.05) is 0 Å². The van der Waals surface area contributed by atoms with Gasteiger partial charge in [0, 0.05) is 13.1 Å². The fourth-order valence-electron chi connectivity index (χ4n) is 0.836. The summed E-state index contributed by atoms with van der Waals surface area (Å²) in [5.41, 5.74) is 0. The smallest absolute Gasteiger partial charge is 0.322 e. The summed E-state index contributed by atoms with van der Waals surface area (Å²) in [6.45, 7) is -0.961. The first-order valence-corrected chi connectivity index (χ1v) is 10.2. The minimum Gasteiger partial charge on any atom is -0.322 e. The molecule has 116 valence electrons. The van der Waals surface area contributed by atoms with Crippen molar-refractivity contribution in [1.82, 2.24) is 10.2 Å². The Morgan fingerprint density at radius 3 is 1.53 bits per heavy atom. The van der Waals surface area contributed by atoms with Gasteiger partial charge in [-0.1, -0.05) is 0 Å². The highest BCUT2D eigenvalue weighted by Gasteiger charge is 2.16. The van der Waals surface area contributed by atoms with E-state index in [2.05, 4.69) is 18.5 Å². The molecule has 0 saturated heterocycles. The van der Waals surface area contributed by atoms with Crippen LogP contribution in [0.1, 0.15) is 0 Å². The van der Waals surface area contributed by atoms with E-state index in [4.69, 9.17) is 0 Å². The van der Waals surface area contributed by atoms with E-state index in [0.717, 1.165) is 12.5 Å². The van der Waals surface area contributed by atoms with Gasteiger partial charge in [0.1, 0.15) is 0 Å². The van der Waals surface area contributed by atoms with Crippen LogP contribution in [0.5, 0.6) is 0 Å². The van der Waals surface area contributed by atoms with E-state index in [-0.39, 0.29) is 26.3 Å². The zero-order valence-corrected chi connectivity index (χ0v) is 12.9. The lowest BCUT2D eigenvalue weighted by molar-refractivity contribution is 0.316. The second kappa shape index (κ2) is 7.64. The third-order valence-electron chi connectivity index (χ3n) is 1.45. The molecule has 0 aliphatic carbocycles. The first kappa shape index (κ1) is 18.9. The summed E-state index contributed by atoms with van der Waals surface area (Å²) >= 11 is 0. The molecule has 0 radical (unpaired) electrons. The summed E-state index contributed by atoms with van der Waals surface area (Å²) in [5.74, 6) is 0. The molecule has 0 heterocycles. The molecule has 10 nitrogen and oxygen atoms in total. The van der Waals surface area contributed by atoms with Crippen LogP contribution in [-0.2, 0) is 33.2 Å². The molecule has 0 aliphatic heterocycles. The number of hydrogen-bond acceptors (Lipinski definition) is 7. The van der Waals surface area contributed by atoms with Gasteiger partial charge >= 0.3 is 7.67 Å². The standard InChI is InChI=1S/C6H17N2O8PS2/c1-18(11,12)15-5-3-7-17(9,10)8-4-6-16-19(2,13)14/h3-6H2,1-2H3,(H3,7,8,9,10). The van der Waals surface area contributed by atoms with E-state index >= 15 is 0 Å². The molecule has 0 bridgehead atoms. The van der Waals surface area contributed by atoms with Gasteiger partial charge in [-0.3, -0.25) is 12.9 Å². The van der Waals surface area contributed by atoms with Gasteiger partial charge in [-0.15, -0.1) is 0 Å². The molecular formula is C6H17N2O8PS2. The minimum absolute atomic E-state index is 0.180. The van der Waals surface area contributed by atoms with Gasteiger partial charge in [-0.25, -0.2) is 10.2 Å². The van der Waals surface area contributed by atoms with E-state index in [1.54, 1.807) is 0 Å². The molecule has 0 amide bonds. The van der Waals surface area contributed by atoms with Crippen molar-refractivity contribution in [1.29, 1.82) is 0 Å². The summed E-state index contributed by atoms with van der Waals surface area (Å²) < 4.78 is 62.4. The van der Waals surface area contributed by atoms with Crippen LogP contribution in [0.2, 0.25) is 0 Å². The number of hydrogen-bond donors (Lipinski definition) is 3. The van der Waals surface area contributed by atoms with E-state index in [9.17, 15) is 26.3 Å². The molecule has 3 N–H and O–H groups in total. The molecule has 0 aliphatic rings. The lowest BCUT2D eigenvalue weighted by Crippen LogP contribution is -2.28. The second-order valence-electron chi connectivity index (χ2n) is 3.44. The maximum Gasteiger partial charge on any atom is 0.338 e. The minimum atomic E-state index is -3.91. The van der Waals surface area contributed by atoms with Crippen LogP contribution in [0.25, 0.3) is 0 Å². The highest BCUT2D eigenvalue weighted by Crippen LogP contribution is 2.28. The zero-order valence-electron chi connectivity index (χ0n) is 10.4. The van der Waals surface area contributed by atoms with Gasteiger partial charge in [0.05, 0.1) is 25.7 Å². The molecule has 0 aromatic rings. The summed E-state index contributed by atoms with van der Waals surface area (Å²) in [5, 5.41) is 4.27. The van der Waals surface area contributed by atoms with Gasteiger partial charge in [-0.2, -0.15) is 16.8 Å². The fourth-order valence-corrected chi connectivity index (χ4v) is 2.51. The Kier molecular flexibility index (Phi) is 7.62. The molecule has 0 fully saturated rings. The third-order valence-corrected chi connectivity index (χ3v) is 3.95. The monoisotopic (exact) mass is 340 g/mol. The highest BCUT2D eigenvalue weighted by molar-refractivity contribution is 7.86. The van der Waals surface area contributed by atoms with Gasteiger partial charge in [0.15, 0.2) is 0 Å². The molecule has 0 unspecified atom stereocenters. The third kappa shape index (κ3) is 14.2. The lowest BCUT2D eigenvalue weighted by Gasteiger charge is -2.14. The summed E-state index contributed by atoms with van der Waals surface area (Å²) in [6, 6.07) is 0. The van der Waals surface area contributed by atoms with Crippen molar-refractivity contribution in [3.05, 3.63) is 0 Å². The quantitative estimate of drug-likeness (QED) is 0.237. The molecular weight excluding hydrogens is 323 g/mol. The predicted octanol–water partition coefficient (Wildman–Crippen LogP) is -1.78. The molecule has 0 aromatic heterocycles. The topological polar surface area (TPSA) is 148 Å². The number of rotatable bonds is 10. The molecule has 0 spiro atoms. The van der Waals surface area contributed by atoms with Gasteiger partial charge in [0.25, 0.3) is 20.2 Å². The van der Waals surface area contributed by atoms with Crippen LogP contribution in [0.15, 0.2) is 0 Å². The van der Waals surface area contributed by atoms with Crippen LogP contribution in [0.3, 0.4) is 0 Å². The predicted molar refractivity (Wildman–Crippen MR) is 67.4 cm³/mol. The maximum absolute atomic E-state index is 11.4. The van der Waals surface area contributed by atoms with Crippen molar-refractivity contribution in [2.75, 3.05) is 38.8 Å². The van der Waals surface area contributed by atoms with Crippen LogP contribution < -0.4 is 10.2 Å². The largest absolute Gasteiger partial charge is 0.338 e. The molecule has 19 heavy (non-hydrogen) atoms. The Bertz CT molecular complexity index is 471. The summed E-state index contributed by atoms with van der Waals surface area (Å²) in [4.78, 5) is 9.30. The van der Waals surface area contributed by atoms with Gasteiger partial charge in [-0.05, 0) is 0 Å². The molecule has 0 atom stereocenters. The first-order valence-electron chi connectivity index (χ1n) is 4.93. The normalized spacial score (nSPS) is 13.6. The average Bonchev–Trinajstić information content (AvgIpc) is 2.17. The molecule has 13 heteroatoms. The van der Waals surface area contributed by atoms with Crippen LogP contribution >= 0.6 is 7.67 Å². The molecule has 0 rings (SSSR count). The van der Waals surface area contributed by atoms with Crippen LogP contribution in [0.4, 0.5) is 0 Å². The van der Waals surface area contributed by atoms with E-state index in [1.165, 1.54) is 0 Å². The van der Waals surface area contributed by atoms with Crippen molar-refractivity contribution in [2.24, 2.45) is 0 Å². The van der Waals surface area contributed by atoms with Crippen molar-refractivity contribution < 1.29 is 34.7 Å². The Morgan fingerprint density at radius 2 is 1.26 bits per heavy atom. The Morgan fingerprint density at radius 1 is 0.947 bits per heavy atom. The highest BCUT2D eigenvalue weighted by atomic mass is 32.2. The number of nitrogens with one attached hydrogen (secondary N) is 2. The molecule has 0 saturated carbocycles. The van der Waals surface area contributed by atoms with Crippen molar-refractivity contribution >= 4 is 27.9 Å². The Labute approximate surface area is 112 Å². The maximum atomic E-state index is 11.4. The van der Waals surface area contributed by atoms with Crippen LogP contribution in [0, 0.1) is 0 Å². The van der Waals surface area contributed by atoms with Crippen molar-refractivity contribution in [3.8, 4) is 0 Å². The van der Waals surface area contributed by atoms with Crippen molar-refractivity contribution in [3.63, 3.8) is 0 Å². The zero-order chi connectivity index (χ0) is 15.2. The lowest BCUT2D eigenvalue weighted by atomic mass is 10.8. The summed E-state index contributed by atoms with van der Waals surface area (Å²) in [6.07, 6.45) is 1.71. The SMILES string of the molecule is CS(=O)(=O)OCCNP(=O)(O)NCCOS(C)(=O)=O. The fraction of sp³-hybridized carbons (Fsp3) is 1.00. The van der Waals surface area contributed by atoms with Crippen molar-refractivity contribution in [2.45, 2.75) is 0 Å².